The summed E-state index contributed by atoms with van der Waals surface area (Å²) in [5.74, 6) is -0.278. The zero-order valence-electron chi connectivity index (χ0n) is 11.7. The van der Waals surface area contributed by atoms with Gasteiger partial charge in [-0.15, -0.1) is 16.5 Å². The van der Waals surface area contributed by atoms with Gasteiger partial charge in [0.2, 0.25) is 0 Å². The number of hydrazone groups is 1. The lowest BCUT2D eigenvalue weighted by Gasteiger charge is -2.19. The molecule has 1 aromatic carbocycles. The molecule has 3 aromatic rings. The molecular formula is C15H12N4O2S. The van der Waals surface area contributed by atoms with Gasteiger partial charge in [0.05, 0.1) is 22.9 Å². The summed E-state index contributed by atoms with van der Waals surface area (Å²) >= 11 is 1.45. The number of hydrogen-bond acceptors (Lipinski definition) is 5. The maximum Gasteiger partial charge on any atom is 0.259 e. The largest absolute Gasteiger partial charge is 0.289 e. The van der Waals surface area contributed by atoms with Crippen LogP contribution in [0.25, 0.3) is 10.9 Å². The van der Waals surface area contributed by atoms with Crippen LogP contribution in [0.4, 0.5) is 0 Å². The molecule has 2 heterocycles. The third-order valence-electron chi connectivity index (χ3n) is 3.02. The molecule has 0 bridgehead atoms. The fourth-order valence-electron chi connectivity index (χ4n) is 2.04. The zero-order chi connectivity index (χ0) is 15.5. The van der Waals surface area contributed by atoms with Crippen LogP contribution in [0, 0.1) is 0 Å². The molecule has 0 aliphatic rings. The van der Waals surface area contributed by atoms with E-state index in [4.69, 9.17) is 0 Å². The Hall–Kier alpha value is -2.80. The summed E-state index contributed by atoms with van der Waals surface area (Å²) in [4.78, 5) is 27.9. The first-order valence-electron chi connectivity index (χ1n) is 6.50. The van der Waals surface area contributed by atoms with Crippen molar-refractivity contribution in [2.75, 3.05) is 5.12 Å². The van der Waals surface area contributed by atoms with Crippen molar-refractivity contribution in [3.8, 4) is 0 Å². The third kappa shape index (κ3) is 2.66. The highest BCUT2D eigenvalue weighted by molar-refractivity contribution is 7.07. The van der Waals surface area contributed by atoms with Gasteiger partial charge in [-0.2, -0.15) is 5.10 Å². The summed E-state index contributed by atoms with van der Waals surface area (Å²) in [6.45, 7) is 1.41. The number of benzene rings is 1. The smallest absolute Gasteiger partial charge is 0.259 e. The molecule has 0 atom stereocenters. The molecule has 0 saturated heterocycles. The molecule has 0 spiro atoms. The van der Waals surface area contributed by atoms with Crippen LogP contribution in [-0.2, 0) is 4.79 Å². The van der Waals surface area contributed by atoms with Crippen molar-refractivity contribution >= 4 is 34.4 Å². The number of nitrogens with zero attached hydrogens (tertiary/aromatic N) is 4. The first kappa shape index (κ1) is 14.2. The molecule has 0 N–H and O–H groups in total. The average molecular weight is 312 g/mol. The molecule has 3 rings (SSSR count). The van der Waals surface area contributed by atoms with E-state index in [0.29, 0.717) is 16.6 Å². The minimum atomic E-state index is -0.278. The van der Waals surface area contributed by atoms with Gasteiger partial charge in [-0.25, -0.2) is 9.66 Å². The number of rotatable bonds is 3. The Labute approximate surface area is 129 Å². The van der Waals surface area contributed by atoms with E-state index in [-0.39, 0.29) is 11.3 Å². The Kier molecular flexibility index (Phi) is 3.80. The van der Waals surface area contributed by atoms with Crippen LogP contribution in [-0.4, -0.2) is 21.8 Å². The standard InChI is InChI=1S/C15H12N4O2S/c1-11(20)19(17-8-12-9-22-10-16-12)18-7-6-15(21)13-4-2-3-5-14(13)18/h2-10H,1H3. The number of amides is 1. The second kappa shape index (κ2) is 5.90. The van der Waals surface area contributed by atoms with Crippen LogP contribution in [0.1, 0.15) is 12.6 Å². The van der Waals surface area contributed by atoms with E-state index in [1.165, 1.54) is 41.9 Å². The molecule has 0 radical (unpaired) electrons. The molecule has 110 valence electrons. The van der Waals surface area contributed by atoms with Crippen LogP contribution >= 0.6 is 11.3 Å². The highest BCUT2D eigenvalue weighted by atomic mass is 32.1. The lowest BCUT2D eigenvalue weighted by atomic mass is 10.2. The van der Waals surface area contributed by atoms with Crippen molar-refractivity contribution < 1.29 is 4.79 Å². The summed E-state index contributed by atoms with van der Waals surface area (Å²) in [5, 5.41) is 7.73. The van der Waals surface area contributed by atoms with E-state index in [0.717, 1.165) is 0 Å². The van der Waals surface area contributed by atoms with Gasteiger partial charge in [0, 0.05) is 30.0 Å². The highest BCUT2D eigenvalue weighted by Gasteiger charge is 2.12. The number of carbonyl (C=O) groups is 1. The summed E-state index contributed by atoms with van der Waals surface area (Å²) in [7, 11) is 0. The Morgan fingerprint density at radius 2 is 2.18 bits per heavy atom. The van der Waals surface area contributed by atoms with Crippen molar-refractivity contribution in [3.63, 3.8) is 0 Å². The number of pyridine rings is 1. The van der Waals surface area contributed by atoms with Gasteiger partial charge in [0.25, 0.3) is 5.91 Å². The first-order chi connectivity index (χ1) is 10.7. The van der Waals surface area contributed by atoms with E-state index in [9.17, 15) is 9.59 Å². The van der Waals surface area contributed by atoms with Crippen molar-refractivity contribution in [1.82, 2.24) is 9.66 Å². The van der Waals surface area contributed by atoms with Crippen LogP contribution in [0.15, 0.2) is 57.3 Å². The quantitative estimate of drug-likeness (QED) is 0.548. The average Bonchev–Trinajstić information content (AvgIpc) is 3.03. The molecule has 6 nitrogen and oxygen atoms in total. The van der Waals surface area contributed by atoms with Crippen molar-refractivity contribution in [2.45, 2.75) is 6.92 Å². The normalized spacial score (nSPS) is 11.1. The zero-order valence-corrected chi connectivity index (χ0v) is 12.5. The SMILES string of the molecule is CC(=O)N(N=Cc1cscn1)n1ccc(=O)c2ccccc21. The van der Waals surface area contributed by atoms with Gasteiger partial charge >= 0.3 is 0 Å². The number of para-hydroxylation sites is 1. The van der Waals surface area contributed by atoms with E-state index < -0.39 is 0 Å². The predicted octanol–water partition coefficient (Wildman–Crippen LogP) is 1.98. The Balaban J connectivity index is 2.12. The molecule has 7 heteroatoms. The molecule has 0 unspecified atom stereocenters. The second-order valence-corrected chi connectivity index (χ2v) is 5.23. The van der Waals surface area contributed by atoms with Crippen LogP contribution in [0.2, 0.25) is 0 Å². The van der Waals surface area contributed by atoms with Crippen molar-refractivity contribution in [1.29, 1.82) is 0 Å². The number of thiazole rings is 1. The van der Waals surface area contributed by atoms with Gasteiger partial charge in [-0.05, 0) is 12.1 Å². The molecule has 0 aliphatic carbocycles. The lowest BCUT2D eigenvalue weighted by Crippen LogP contribution is -2.34. The summed E-state index contributed by atoms with van der Waals surface area (Å²) < 4.78 is 1.54. The van der Waals surface area contributed by atoms with Gasteiger partial charge in [-0.3, -0.25) is 9.59 Å². The van der Waals surface area contributed by atoms with Crippen molar-refractivity contribution in [3.05, 3.63) is 63.3 Å². The summed E-state index contributed by atoms with van der Waals surface area (Å²) in [6.07, 6.45) is 3.04. The minimum Gasteiger partial charge on any atom is -0.289 e. The monoisotopic (exact) mass is 312 g/mol. The molecule has 0 aliphatic heterocycles. The topological polar surface area (TPSA) is 67.6 Å². The summed E-state index contributed by atoms with van der Waals surface area (Å²) in [5.41, 5.74) is 2.87. The first-order valence-corrected chi connectivity index (χ1v) is 7.44. The number of hydrogen-bond donors (Lipinski definition) is 0. The molecule has 2 aromatic heterocycles. The van der Waals surface area contributed by atoms with Gasteiger partial charge in [0.1, 0.15) is 0 Å². The Morgan fingerprint density at radius 1 is 1.36 bits per heavy atom. The molecule has 1 amide bonds. The second-order valence-electron chi connectivity index (χ2n) is 4.51. The van der Waals surface area contributed by atoms with Gasteiger partial charge in [0.15, 0.2) is 5.43 Å². The van der Waals surface area contributed by atoms with E-state index in [1.54, 1.807) is 34.5 Å². The fraction of sp³-hybridized carbons (Fsp3) is 0.0667. The van der Waals surface area contributed by atoms with Gasteiger partial charge in [-0.1, -0.05) is 12.1 Å². The summed E-state index contributed by atoms with van der Waals surface area (Å²) in [6, 6.07) is 8.49. The highest BCUT2D eigenvalue weighted by Crippen LogP contribution is 2.10. The van der Waals surface area contributed by atoms with Gasteiger partial charge < -0.3 is 0 Å². The molecule has 0 fully saturated rings. The van der Waals surface area contributed by atoms with Crippen molar-refractivity contribution in [2.24, 2.45) is 5.10 Å². The van der Waals surface area contributed by atoms with E-state index >= 15 is 0 Å². The van der Waals surface area contributed by atoms with Crippen LogP contribution in [0.5, 0.6) is 0 Å². The fourth-order valence-corrected chi connectivity index (χ4v) is 2.55. The molecule has 0 saturated carbocycles. The van der Waals surface area contributed by atoms with E-state index in [1.807, 2.05) is 5.38 Å². The molecule has 22 heavy (non-hydrogen) atoms. The van der Waals surface area contributed by atoms with E-state index in [2.05, 4.69) is 10.1 Å². The Morgan fingerprint density at radius 3 is 2.91 bits per heavy atom. The molecular weight excluding hydrogens is 300 g/mol. The lowest BCUT2D eigenvalue weighted by molar-refractivity contribution is -0.118. The Bertz CT molecular complexity index is 899. The maximum absolute atomic E-state index is 11.9. The third-order valence-corrected chi connectivity index (χ3v) is 3.62. The number of aromatic nitrogens is 2. The minimum absolute atomic E-state index is 0.0983. The number of carbonyl (C=O) groups excluding carboxylic acids is 1. The predicted molar refractivity (Wildman–Crippen MR) is 86.8 cm³/mol. The number of fused-ring (bicyclic) bond motifs is 1. The van der Waals surface area contributed by atoms with Crippen LogP contribution < -0.4 is 10.5 Å². The maximum atomic E-state index is 11.9. The van der Waals surface area contributed by atoms with Crippen LogP contribution in [0.3, 0.4) is 0 Å².